The summed E-state index contributed by atoms with van der Waals surface area (Å²) in [5.74, 6) is 0.814. The van der Waals surface area contributed by atoms with Crippen molar-refractivity contribution < 1.29 is 0 Å². The van der Waals surface area contributed by atoms with Gasteiger partial charge in [0.15, 0.2) is 0 Å². The molecule has 1 aromatic carbocycles. The van der Waals surface area contributed by atoms with Crippen LogP contribution >= 0.6 is 0 Å². The molecule has 0 radical (unpaired) electrons. The second-order valence-corrected chi connectivity index (χ2v) is 6.29. The number of benzene rings is 1. The van der Waals surface area contributed by atoms with Crippen LogP contribution in [0.3, 0.4) is 0 Å². The van der Waals surface area contributed by atoms with Crippen LogP contribution in [0.15, 0.2) is 30.6 Å². The van der Waals surface area contributed by atoms with Crippen LogP contribution in [0, 0.1) is 5.92 Å². The van der Waals surface area contributed by atoms with Crippen LogP contribution in [0.5, 0.6) is 0 Å². The van der Waals surface area contributed by atoms with Gasteiger partial charge in [-0.1, -0.05) is 0 Å². The molecule has 2 aromatic rings. The van der Waals surface area contributed by atoms with Gasteiger partial charge in [-0.3, -0.25) is 4.98 Å². The molecule has 0 amide bonds. The Kier molecular flexibility index (Phi) is 3.97. The summed E-state index contributed by atoms with van der Waals surface area (Å²) >= 11 is 0. The summed E-state index contributed by atoms with van der Waals surface area (Å²) in [5.41, 5.74) is 8.19. The predicted molar refractivity (Wildman–Crippen MR) is 89.6 cm³/mol. The summed E-state index contributed by atoms with van der Waals surface area (Å²) in [4.78, 5) is 9.05. The molecule has 0 atom stereocenters. The molecule has 0 spiro atoms. The summed E-state index contributed by atoms with van der Waals surface area (Å²) < 4.78 is 0. The van der Waals surface area contributed by atoms with Crippen molar-refractivity contribution in [3.63, 3.8) is 0 Å². The number of hydrogen-bond acceptors (Lipinski definition) is 4. The fourth-order valence-electron chi connectivity index (χ4n) is 3.35. The van der Waals surface area contributed by atoms with E-state index in [1.807, 2.05) is 24.5 Å². The second-order valence-electron chi connectivity index (χ2n) is 6.29. The zero-order chi connectivity index (χ0) is 14.8. The molecular formula is C17H24N4. The van der Waals surface area contributed by atoms with Crippen LogP contribution in [0.1, 0.15) is 12.8 Å². The van der Waals surface area contributed by atoms with Gasteiger partial charge < -0.3 is 15.5 Å². The monoisotopic (exact) mass is 284 g/mol. The number of hydrogen-bond donors (Lipinski definition) is 1. The molecule has 1 aromatic heterocycles. The number of nitrogens with two attached hydrogens (primary N) is 1. The fourth-order valence-corrected chi connectivity index (χ4v) is 3.35. The highest BCUT2D eigenvalue weighted by Gasteiger charge is 2.21. The highest BCUT2D eigenvalue weighted by Crippen LogP contribution is 2.32. The number of anilines is 2. The van der Waals surface area contributed by atoms with Crippen molar-refractivity contribution in [2.45, 2.75) is 12.8 Å². The van der Waals surface area contributed by atoms with E-state index in [2.05, 4.69) is 34.9 Å². The van der Waals surface area contributed by atoms with E-state index in [1.54, 1.807) is 0 Å². The van der Waals surface area contributed by atoms with Gasteiger partial charge >= 0.3 is 0 Å². The molecule has 4 nitrogen and oxygen atoms in total. The zero-order valence-corrected chi connectivity index (χ0v) is 12.9. The van der Waals surface area contributed by atoms with Crippen molar-refractivity contribution in [1.29, 1.82) is 0 Å². The van der Waals surface area contributed by atoms with Crippen molar-refractivity contribution in [3.8, 4) is 0 Å². The van der Waals surface area contributed by atoms with E-state index in [-0.39, 0.29) is 0 Å². The minimum atomic E-state index is 0.814. The summed E-state index contributed by atoms with van der Waals surface area (Å²) in [5, 5.41) is 2.28. The molecule has 1 aliphatic heterocycles. The van der Waals surface area contributed by atoms with Gasteiger partial charge in [-0.05, 0) is 51.1 Å². The number of aromatic nitrogens is 1. The number of fused-ring (bicyclic) bond motifs is 1. The van der Waals surface area contributed by atoms with Crippen molar-refractivity contribution in [3.05, 3.63) is 30.6 Å². The Labute approximate surface area is 126 Å². The lowest BCUT2D eigenvalue weighted by Gasteiger charge is -2.35. The Bertz CT molecular complexity index is 615. The molecule has 2 N–H and O–H groups in total. The molecule has 3 rings (SSSR count). The first-order valence-electron chi connectivity index (χ1n) is 7.67. The van der Waals surface area contributed by atoms with Gasteiger partial charge in [0.25, 0.3) is 0 Å². The third kappa shape index (κ3) is 2.95. The maximum Gasteiger partial charge on any atom is 0.0463 e. The standard InChI is InChI=1S/C17H24N4/c1-20(2)12-13-6-9-21(10-7-13)17-4-3-16(18)14-5-8-19-11-15(14)17/h3-5,8,11,13H,6-7,9-10,12,18H2,1-2H3. The lowest BCUT2D eigenvalue weighted by molar-refractivity contribution is 0.285. The molecule has 0 unspecified atom stereocenters. The number of nitrogen functional groups attached to an aromatic ring is 1. The Morgan fingerprint density at radius 3 is 2.67 bits per heavy atom. The van der Waals surface area contributed by atoms with Gasteiger partial charge in [-0.15, -0.1) is 0 Å². The summed E-state index contributed by atoms with van der Waals surface area (Å²) in [7, 11) is 4.32. The lowest BCUT2D eigenvalue weighted by atomic mass is 9.95. The summed E-state index contributed by atoms with van der Waals surface area (Å²) in [6.07, 6.45) is 6.26. The van der Waals surface area contributed by atoms with E-state index in [4.69, 9.17) is 5.73 Å². The second kappa shape index (κ2) is 5.90. The first-order chi connectivity index (χ1) is 10.1. The molecule has 1 saturated heterocycles. The van der Waals surface area contributed by atoms with E-state index in [1.165, 1.54) is 30.5 Å². The van der Waals surface area contributed by atoms with Crippen LogP contribution in [0.4, 0.5) is 11.4 Å². The molecule has 0 saturated carbocycles. The fraction of sp³-hybridized carbons (Fsp3) is 0.471. The highest BCUT2D eigenvalue weighted by molar-refractivity contribution is 6.00. The molecule has 0 aliphatic carbocycles. The van der Waals surface area contributed by atoms with E-state index in [0.717, 1.165) is 30.1 Å². The van der Waals surface area contributed by atoms with E-state index in [9.17, 15) is 0 Å². The molecule has 1 aliphatic rings. The maximum atomic E-state index is 6.08. The van der Waals surface area contributed by atoms with Crippen molar-refractivity contribution in [2.24, 2.45) is 5.92 Å². The topological polar surface area (TPSA) is 45.4 Å². The smallest absolute Gasteiger partial charge is 0.0463 e. The van der Waals surface area contributed by atoms with Crippen LogP contribution in [0.2, 0.25) is 0 Å². The molecule has 112 valence electrons. The lowest BCUT2D eigenvalue weighted by Crippen LogP contribution is -2.37. The van der Waals surface area contributed by atoms with Gasteiger partial charge in [0, 0.05) is 54.2 Å². The van der Waals surface area contributed by atoms with Gasteiger partial charge in [0.1, 0.15) is 0 Å². The van der Waals surface area contributed by atoms with Crippen LogP contribution in [-0.2, 0) is 0 Å². The van der Waals surface area contributed by atoms with E-state index < -0.39 is 0 Å². The molecule has 4 heteroatoms. The third-order valence-corrected chi connectivity index (χ3v) is 4.41. The Morgan fingerprint density at radius 1 is 1.19 bits per heavy atom. The number of piperidine rings is 1. The van der Waals surface area contributed by atoms with Crippen molar-refractivity contribution in [2.75, 3.05) is 44.4 Å². The number of rotatable bonds is 3. The predicted octanol–water partition coefficient (Wildman–Crippen LogP) is 2.60. The van der Waals surface area contributed by atoms with Crippen LogP contribution < -0.4 is 10.6 Å². The van der Waals surface area contributed by atoms with Crippen molar-refractivity contribution >= 4 is 22.1 Å². The average molecular weight is 284 g/mol. The number of nitrogens with zero attached hydrogens (tertiary/aromatic N) is 3. The van der Waals surface area contributed by atoms with Crippen LogP contribution in [-0.4, -0.2) is 43.6 Å². The molecule has 1 fully saturated rings. The molecule has 0 bridgehead atoms. The maximum absolute atomic E-state index is 6.08. The first-order valence-corrected chi connectivity index (χ1v) is 7.67. The largest absolute Gasteiger partial charge is 0.398 e. The quantitative estimate of drug-likeness (QED) is 0.880. The van der Waals surface area contributed by atoms with Gasteiger partial charge in [-0.25, -0.2) is 0 Å². The SMILES string of the molecule is CN(C)CC1CCN(c2ccc(N)c3ccncc23)CC1. The molecular weight excluding hydrogens is 260 g/mol. The molecule has 2 heterocycles. The Morgan fingerprint density at radius 2 is 1.95 bits per heavy atom. The normalized spacial score (nSPS) is 16.8. The van der Waals surface area contributed by atoms with Gasteiger partial charge in [0.05, 0.1) is 0 Å². The van der Waals surface area contributed by atoms with Gasteiger partial charge in [-0.2, -0.15) is 0 Å². The number of pyridine rings is 1. The minimum absolute atomic E-state index is 0.814. The van der Waals surface area contributed by atoms with Crippen molar-refractivity contribution in [1.82, 2.24) is 9.88 Å². The Balaban J connectivity index is 1.81. The van der Waals surface area contributed by atoms with Crippen LogP contribution in [0.25, 0.3) is 10.8 Å². The highest BCUT2D eigenvalue weighted by atomic mass is 15.1. The zero-order valence-electron chi connectivity index (χ0n) is 12.9. The van der Waals surface area contributed by atoms with E-state index >= 15 is 0 Å². The minimum Gasteiger partial charge on any atom is -0.398 e. The molecule has 21 heavy (non-hydrogen) atoms. The Hall–Kier alpha value is -1.81. The summed E-state index contributed by atoms with van der Waals surface area (Å²) in [6, 6.07) is 6.17. The van der Waals surface area contributed by atoms with Gasteiger partial charge in [0.2, 0.25) is 0 Å². The summed E-state index contributed by atoms with van der Waals surface area (Å²) in [6.45, 7) is 3.43. The average Bonchev–Trinajstić information content (AvgIpc) is 2.48. The first kappa shape index (κ1) is 14.1. The van der Waals surface area contributed by atoms with E-state index in [0.29, 0.717) is 0 Å². The third-order valence-electron chi connectivity index (χ3n) is 4.41.